The predicted octanol–water partition coefficient (Wildman–Crippen LogP) is 33.1. The molecule has 4 bridgehead atoms. The van der Waals surface area contributed by atoms with Crippen LogP contribution in [0.3, 0.4) is 0 Å². The van der Waals surface area contributed by atoms with E-state index in [1.807, 2.05) is 12.1 Å². The summed E-state index contributed by atoms with van der Waals surface area (Å²) in [6.07, 6.45) is 9.51. The molecule has 4 aliphatic rings. The van der Waals surface area contributed by atoms with Gasteiger partial charge in [0.05, 0.1) is 0 Å². The van der Waals surface area contributed by atoms with Gasteiger partial charge in [0.1, 0.15) is 0 Å². The Labute approximate surface area is 653 Å². The quantitative estimate of drug-likeness (QED) is 0.0768. The van der Waals surface area contributed by atoms with Crippen LogP contribution in [0.25, 0.3) is 0 Å². The predicted molar refractivity (Wildman–Crippen MR) is 458 cm³/mol. The fourth-order valence-corrected chi connectivity index (χ4v) is 16.4. The van der Waals surface area contributed by atoms with Crippen LogP contribution in [0.2, 0.25) is 5.02 Å². The maximum absolute atomic E-state index is 12.9. The standard InChI is InChI=1S/C15H24.C13H22.C13H20.C12H18.C11H16.C10H13Cl.C10H14.C9H7F5.C7H16/c1-10(2)13-8-7-9-14(11(3)4)15(13)12(5)6;1-9(2)13-6-10-3-11(7-13)5-12(4-10)8-13;1-10(2)11-8-6-7-9-12(11)13(3,4)5;1-9-7-6-8-10(2)11(9)12(3,4)5;1-8(2)11-6-9(3)5-10(4)7-11;1-7(2)10-8(3)5-4-6-9(10)11;1-8(2)10-7-5-4-6-9(10)3;1-3(2)4-5(10)7(12)9(14)8(13)6(4)11;1-6(2)7(3,4)5/h7-12H,1-6H3;9-12H,3-8H2,1-2H3;6-10H,1-5H3;6-8H,1-5H3;5-8H,1-4H3;4-7H,1-3H3;4-8H,1-3H3;3H,1-2H3;6H,1-5H3. The summed E-state index contributed by atoms with van der Waals surface area (Å²) in [6, 6.07) is 43.3. The van der Waals surface area contributed by atoms with Gasteiger partial charge in [0.15, 0.2) is 23.3 Å². The molecule has 106 heavy (non-hydrogen) atoms. The number of halogens is 6. The molecule has 0 aliphatic heterocycles. The van der Waals surface area contributed by atoms with Gasteiger partial charge >= 0.3 is 0 Å². The van der Waals surface area contributed by atoms with Crippen LogP contribution in [0.5, 0.6) is 0 Å². The third-order valence-corrected chi connectivity index (χ3v) is 22.4. The average molecular weight is 1480 g/mol. The molecule has 0 spiro atoms. The van der Waals surface area contributed by atoms with Crippen LogP contribution in [0.15, 0.2) is 121 Å². The summed E-state index contributed by atoms with van der Waals surface area (Å²) in [7, 11) is 0. The van der Waals surface area contributed by atoms with E-state index in [1.165, 1.54) is 91.7 Å². The summed E-state index contributed by atoms with van der Waals surface area (Å²) >= 11 is 6.02. The van der Waals surface area contributed by atoms with E-state index in [2.05, 4.69) is 338 Å². The maximum atomic E-state index is 12.9. The minimum atomic E-state index is -2.12. The summed E-state index contributed by atoms with van der Waals surface area (Å²) in [5, 5.41) is 0.889. The van der Waals surface area contributed by atoms with E-state index in [9.17, 15) is 22.0 Å². The molecule has 7 aromatic rings. The summed E-state index contributed by atoms with van der Waals surface area (Å²) in [5.74, 6) is -0.724. The Morgan fingerprint density at radius 2 is 0.670 bits per heavy atom. The van der Waals surface area contributed by atoms with Gasteiger partial charge in [-0.2, -0.15) is 0 Å². The van der Waals surface area contributed by atoms with Crippen molar-refractivity contribution in [2.45, 2.75) is 339 Å². The van der Waals surface area contributed by atoms with Gasteiger partial charge < -0.3 is 0 Å². The van der Waals surface area contributed by atoms with Crippen molar-refractivity contribution < 1.29 is 22.0 Å². The van der Waals surface area contributed by atoms with Crippen molar-refractivity contribution in [2.24, 2.45) is 40.4 Å². The molecular weight excluding hydrogens is 1330 g/mol. The highest BCUT2D eigenvalue weighted by Gasteiger charge is 2.52. The Morgan fingerprint density at radius 1 is 0.340 bits per heavy atom. The van der Waals surface area contributed by atoms with Crippen molar-refractivity contribution in [2.75, 3.05) is 0 Å². The van der Waals surface area contributed by atoms with Crippen LogP contribution in [0.4, 0.5) is 22.0 Å². The molecule has 0 nitrogen and oxygen atoms in total. The second kappa shape index (κ2) is 43.2. The molecule has 0 atom stereocenters. The van der Waals surface area contributed by atoms with Gasteiger partial charge in [0, 0.05) is 10.6 Å². The van der Waals surface area contributed by atoms with Crippen molar-refractivity contribution in [3.63, 3.8) is 0 Å². The second-order valence-corrected chi connectivity index (χ2v) is 38.0. The van der Waals surface area contributed by atoms with Crippen LogP contribution in [0.1, 0.15) is 376 Å². The van der Waals surface area contributed by atoms with Gasteiger partial charge in [-0.1, -0.05) is 339 Å². The molecule has 4 fully saturated rings. The van der Waals surface area contributed by atoms with Crippen LogP contribution >= 0.6 is 11.6 Å². The average Bonchev–Trinajstić information content (AvgIpc) is 0.743. The zero-order valence-electron chi connectivity index (χ0n) is 73.6. The zero-order chi connectivity index (χ0) is 81.6. The molecule has 0 amide bonds. The van der Waals surface area contributed by atoms with Crippen molar-refractivity contribution in [1.29, 1.82) is 0 Å². The van der Waals surface area contributed by atoms with Gasteiger partial charge in [-0.15, -0.1) is 0 Å². The Bertz CT molecular complexity index is 3600. The van der Waals surface area contributed by atoms with Crippen molar-refractivity contribution in [1.82, 2.24) is 0 Å². The number of rotatable bonds is 9. The lowest BCUT2D eigenvalue weighted by molar-refractivity contribution is -0.0789. The largest absolute Gasteiger partial charge is 0.203 e. The normalized spacial score (nSPS) is 16.5. The van der Waals surface area contributed by atoms with Crippen molar-refractivity contribution in [3.05, 3.63) is 244 Å². The smallest absolute Gasteiger partial charge is 0.200 e. The molecule has 0 saturated heterocycles. The van der Waals surface area contributed by atoms with E-state index in [1.54, 1.807) is 44.1 Å². The van der Waals surface area contributed by atoms with E-state index in [0.717, 1.165) is 40.0 Å². The van der Waals surface area contributed by atoms with Crippen LogP contribution in [0, 0.1) is 111 Å². The SMILES string of the molecule is CC(C)C(C)(C)C.CC(C)C12CC3CC(CC(C3)C1)C2.CC(C)c1c(F)c(F)c(F)c(F)c1F.CC(C)c1cccc(C(C)C)c1C(C)C.CC(C)c1ccccc1C(C)(C)C.Cc1cc(C)cc(C(C)C)c1.Cc1cccc(C)c1C(C)(C)C.Cc1cccc(Cl)c1C(C)C.Cc1ccccc1C(C)C. The minimum Gasteiger partial charge on any atom is -0.203 e. The molecule has 11 rings (SSSR count). The van der Waals surface area contributed by atoms with Crippen molar-refractivity contribution >= 4 is 11.6 Å². The fourth-order valence-electron chi connectivity index (χ4n) is 15.9. The topological polar surface area (TPSA) is 0 Å². The van der Waals surface area contributed by atoms with Gasteiger partial charge in [0.25, 0.3) is 0 Å². The molecular formula is C100H150ClF5. The second-order valence-electron chi connectivity index (χ2n) is 37.6. The van der Waals surface area contributed by atoms with E-state index in [4.69, 9.17) is 11.6 Å². The Kier molecular flexibility index (Phi) is 39.3. The molecule has 4 aliphatic carbocycles. The van der Waals surface area contributed by atoms with E-state index in [0.29, 0.717) is 46.8 Å². The molecule has 7 aromatic carbocycles. The van der Waals surface area contributed by atoms with Crippen LogP contribution in [-0.2, 0) is 10.8 Å². The van der Waals surface area contributed by atoms with Crippen LogP contribution < -0.4 is 0 Å². The molecule has 0 heterocycles. The van der Waals surface area contributed by atoms with E-state index in [-0.39, 0.29) is 10.8 Å². The lowest BCUT2D eigenvalue weighted by atomic mass is 9.47. The minimum absolute atomic E-state index is 0.265. The first-order valence-electron chi connectivity index (χ1n) is 40.4. The highest BCUT2D eigenvalue weighted by molar-refractivity contribution is 6.31. The van der Waals surface area contributed by atoms with E-state index >= 15 is 0 Å². The van der Waals surface area contributed by atoms with Gasteiger partial charge in [-0.3, -0.25) is 0 Å². The molecule has 0 radical (unpaired) electrons. The summed E-state index contributed by atoms with van der Waals surface area (Å²) < 4.78 is 63.6. The maximum Gasteiger partial charge on any atom is 0.200 e. The first-order valence-corrected chi connectivity index (χ1v) is 40.8. The lowest BCUT2D eigenvalue weighted by Crippen LogP contribution is -2.48. The molecule has 4 saturated carbocycles. The zero-order valence-corrected chi connectivity index (χ0v) is 74.3. The third kappa shape index (κ3) is 29.7. The lowest BCUT2D eigenvalue weighted by Gasteiger charge is -2.58. The highest BCUT2D eigenvalue weighted by Crippen LogP contribution is 2.62. The Balaban J connectivity index is 0.000000407. The third-order valence-electron chi connectivity index (χ3n) is 22.0. The molecule has 0 aromatic heterocycles. The summed E-state index contributed by atoms with van der Waals surface area (Å²) in [5.41, 5.74) is 22.5. The fraction of sp³-hybridized carbons (Fsp3) is 0.580. The number of aryl methyl sites for hydroxylation is 6. The van der Waals surface area contributed by atoms with E-state index < -0.39 is 40.6 Å². The van der Waals surface area contributed by atoms with Crippen LogP contribution in [-0.4, -0.2) is 0 Å². The molecule has 592 valence electrons. The monoisotopic (exact) mass is 1480 g/mol. The number of hydrogen-bond donors (Lipinski definition) is 0. The molecule has 0 unspecified atom stereocenters. The van der Waals surface area contributed by atoms with Gasteiger partial charge in [-0.25, -0.2) is 22.0 Å². The molecule has 0 N–H and O–H groups in total. The molecule has 6 heteroatoms. The van der Waals surface area contributed by atoms with Gasteiger partial charge in [-0.05, 0) is 257 Å². The van der Waals surface area contributed by atoms with Gasteiger partial charge in [0.2, 0.25) is 5.82 Å². The van der Waals surface area contributed by atoms with Crippen molar-refractivity contribution in [3.8, 4) is 0 Å². The Hall–Kier alpha value is -5.52. The first kappa shape index (κ1) is 96.6. The first-order chi connectivity index (χ1) is 48.7. The summed E-state index contributed by atoms with van der Waals surface area (Å²) in [4.78, 5) is 0. The summed E-state index contributed by atoms with van der Waals surface area (Å²) in [6.45, 7) is 76.9. The number of hydrogen-bond acceptors (Lipinski definition) is 0. The number of benzene rings is 7. The Morgan fingerprint density at radius 3 is 0.962 bits per heavy atom. The highest BCUT2D eigenvalue weighted by atomic mass is 35.5.